The van der Waals surface area contributed by atoms with E-state index in [0.29, 0.717) is 25.8 Å². The molecule has 0 amide bonds. The van der Waals surface area contributed by atoms with Gasteiger partial charge >= 0.3 is 0 Å². The highest BCUT2D eigenvalue weighted by molar-refractivity contribution is 7.91. The zero-order valence-corrected chi connectivity index (χ0v) is 8.45. The van der Waals surface area contributed by atoms with E-state index in [-0.39, 0.29) is 11.5 Å². The molecule has 0 aromatic heterocycles. The Labute approximate surface area is 78.4 Å². The molecule has 3 nitrogen and oxygen atoms in total. The van der Waals surface area contributed by atoms with E-state index in [4.69, 9.17) is 5.73 Å². The van der Waals surface area contributed by atoms with Crippen LogP contribution >= 0.6 is 0 Å². The van der Waals surface area contributed by atoms with Crippen molar-refractivity contribution in [3.05, 3.63) is 0 Å². The first kappa shape index (κ1) is 10.9. The number of hydrogen-bond acceptors (Lipinski definition) is 3. The summed E-state index contributed by atoms with van der Waals surface area (Å²) in [5.74, 6) is 0.244. The third-order valence-corrected chi connectivity index (χ3v) is 4.50. The van der Waals surface area contributed by atoms with Crippen molar-refractivity contribution in [2.24, 2.45) is 11.1 Å². The maximum Gasteiger partial charge on any atom is 0.150 e. The molecule has 0 atom stereocenters. The largest absolute Gasteiger partial charge is 0.330 e. The number of sulfone groups is 1. The van der Waals surface area contributed by atoms with Gasteiger partial charge in [0, 0.05) is 5.41 Å². The topological polar surface area (TPSA) is 60.2 Å². The van der Waals surface area contributed by atoms with Gasteiger partial charge in [0.25, 0.3) is 0 Å². The molecule has 13 heavy (non-hydrogen) atoms. The van der Waals surface area contributed by atoms with Crippen LogP contribution in [-0.4, -0.2) is 33.1 Å². The lowest BCUT2D eigenvalue weighted by Gasteiger charge is -2.34. The summed E-state index contributed by atoms with van der Waals surface area (Å²) in [4.78, 5) is 0. The minimum absolute atomic E-state index is 0.122. The van der Waals surface area contributed by atoms with Crippen LogP contribution in [-0.2, 0) is 9.84 Å². The number of rotatable bonds is 3. The maximum atomic E-state index is 12.7. The van der Waals surface area contributed by atoms with Gasteiger partial charge in [-0.05, 0) is 25.8 Å². The summed E-state index contributed by atoms with van der Waals surface area (Å²) in [5, 5.41) is 0. The van der Waals surface area contributed by atoms with Crippen molar-refractivity contribution in [1.82, 2.24) is 0 Å². The Morgan fingerprint density at radius 3 is 2.23 bits per heavy atom. The van der Waals surface area contributed by atoms with Crippen molar-refractivity contribution in [2.75, 3.05) is 24.7 Å². The minimum atomic E-state index is -2.89. The highest BCUT2D eigenvalue weighted by Crippen LogP contribution is 2.35. The van der Waals surface area contributed by atoms with Crippen molar-refractivity contribution in [3.8, 4) is 0 Å². The van der Waals surface area contributed by atoms with Gasteiger partial charge in [0.15, 0.2) is 0 Å². The number of halogens is 1. The highest BCUT2D eigenvalue weighted by Gasteiger charge is 2.36. The van der Waals surface area contributed by atoms with Crippen LogP contribution in [0, 0.1) is 5.41 Å². The Kier molecular flexibility index (Phi) is 3.29. The van der Waals surface area contributed by atoms with Gasteiger partial charge in [-0.3, -0.25) is 4.39 Å². The van der Waals surface area contributed by atoms with Crippen molar-refractivity contribution in [3.63, 3.8) is 0 Å². The quantitative estimate of drug-likeness (QED) is 0.736. The average molecular weight is 209 g/mol. The molecule has 0 aromatic carbocycles. The van der Waals surface area contributed by atoms with Crippen LogP contribution in [0.3, 0.4) is 0 Å². The lowest BCUT2D eigenvalue weighted by Crippen LogP contribution is -2.36. The van der Waals surface area contributed by atoms with Crippen molar-refractivity contribution in [1.29, 1.82) is 0 Å². The molecule has 1 fully saturated rings. The van der Waals surface area contributed by atoms with E-state index in [1.54, 1.807) is 0 Å². The van der Waals surface area contributed by atoms with Crippen LogP contribution in [0.4, 0.5) is 4.39 Å². The standard InChI is InChI=1S/C8H16FNO2S/c9-7-8(1-4-10)2-5-13(11,12)6-3-8/h1-7,10H2. The van der Waals surface area contributed by atoms with E-state index < -0.39 is 21.9 Å². The summed E-state index contributed by atoms with van der Waals surface area (Å²) >= 11 is 0. The van der Waals surface area contributed by atoms with Gasteiger partial charge in [0.1, 0.15) is 9.84 Å². The molecular formula is C8H16FNO2S. The molecule has 78 valence electrons. The molecule has 0 saturated carbocycles. The van der Waals surface area contributed by atoms with Gasteiger partial charge < -0.3 is 5.73 Å². The lowest BCUT2D eigenvalue weighted by atomic mass is 9.80. The fourth-order valence-corrected chi connectivity index (χ4v) is 3.42. The second-order valence-electron chi connectivity index (χ2n) is 3.82. The minimum Gasteiger partial charge on any atom is -0.330 e. The fourth-order valence-electron chi connectivity index (χ4n) is 1.73. The SMILES string of the molecule is NCCC1(CF)CCS(=O)(=O)CC1. The number of nitrogens with two attached hydrogens (primary N) is 1. The summed E-state index contributed by atoms with van der Waals surface area (Å²) in [6.07, 6.45) is 1.46. The van der Waals surface area contributed by atoms with Gasteiger partial charge in [-0.1, -0.05) is 0 Å². The molecule has 1 heterocycles. The normalized spacial score (nSPS) is 25.7. The lowest BCUT2D eigenvalue weighted by molar-refractivity contribution is 0.172. The number of hydrogen-bond donors (Lipinski definition) is 1. The van der Waals surface area contributed by atoms with Gasteiger partial charge in [-0.25, -0.2) is 8.42 Å². The third-order valence-electron chi connectivity index (χ3n) is 2.84. The molecule has 0 unspecified atom stereocenters. The van der Waals surface area contributed by atoms with Gasteiger partial charge in [-0.2, -0.15) is 0 Å². The van der Waals surface area contributed by atoms with E-state index in [1.807, 2.05) is 0 Å². The summed E-state index contributed by atoms with van der Waals surface area (Å²) in [6, 6.07) is 0. The average Bonchev–Trinajstić information content (AvgIpc) is 2.10. The molecule has 5 heteroatoms. The third kappa shape index (κ3) is 2.64. The van der Waals surface area contributed by atoms with Gasteiger partial charge in [-0.15, -0.1) is 0 Å². The first-order valence-corrected chi connectivity index (χ1v) is 6.32. The summed E-state index contributed by atoms with van der Waals surface area (Å²) in [5.41, 5.74) is 4.93. The first-order valence-electron chi connectivity index (χ1n) is 4.50. The molecule has 0 radical (unpaired) electrons. The van der Waals surface area contributed by atoms with E-state index in [1.165, 1.54) is 0 Å². The fraction of sp³-hybridized carbons (Fsp3) is 1.00. The molecule has 1 aliphatic heterocycles. The van der Waals surface area contributed by atoms with Crippen LogP contribution in [0.5, 0.6) is 0 Å². The monoisotopic (exact) mass is 209 g/mol. The van der Waals surface area contributed by atoms with E-state index in [0.717, 1.165) is 0 Å². The molecular weight excluding hydrogens is 193 g/mol. The molecule has 1 saturated heterocycles. The molecule has 1 rings (SSSR count). The smallest absolute Gasteiger partial charge is 0.150 e. The van der Waals surface area contributed by atoms with Crippen LogP contribution in [0.25, 0.3) is 0 Å². The second kappa shape index (κ2) is 3.92. The van der Waals surface area contributed by atoms with E-state index >= 15 is 0 Å². The predicted octanol–water partition coefficient (Wildman–Crippen LogP) is 0.500. The molecule has 1 aliphatic rings. The maximum absolute atomic E-state index is 12.7. The van der Waals surface area contributed by atoms with Gasteiger partial charge in [0.2, 0.25) is 0 Å². The van der Waals surface area contributed by atoms with Crippen molar-refractivity contribution < 1.29 is 12.8 Å². The Balaban J connectivity index is 2.63. The zero-order valence-electron chi connectivity index (χ0n) is 7.63. The molecule has 0 aliphatic carbocycles. The predicted molar refractivity (Wildman–Crippen MR) is 50.0 cm³/mol. The Hall–Kier alpha value is -0.160. The molecule has 2 N–H and O–H groups in total. The Bertz CT molecular complexity index is 249. The van der Waals surface area contributed by atoms with Crippen LogP contribution in [0.2, 0.25) is 0 Å². The van der Waals surface area contributed by atoms with Gasteiger partial charge in [0.05, 0.1) is 18.2 Å². The van der Waals surface area contributed by atoms with Crippen LogP contribution in [0.1, 0.15) is 19.3 Å². The highest BCUT2D eigenvalue weighted by atomic mass is 32.2. The summed E-state index contributed by atoms with van der Waals surface area (Å²) < 4.78 is 34.9. The van der Waals surface area contributed by atoms with Crippen LogP contribution < -0.4 is 5.73 Å². The van der Waals surface area contributed by atoms with Crippen molar-refractivity contribution in [2.45, 2.75) is 19.3 Å². The summed E-state index contributed by atoms with van der Waals surface area (Å²) in [7, 11) is -2.89. The van der Waals surface area contributed by atoms with E-state index in [9.17, 15) is 12.8 Å². The molecule has 0 bridgehead atoms. The zero-order chi connectivity index (χ0) is 9.95. The van der Waals surface area contributed by atoms with E-state index in [2.05, 4.69) is 0 Å². The molecule has 0 aromatic rings. The van der Waals surface area contributed by atoms with Crippen molar-refractivity contribution >= 4 is 9.84 Å². The first-order chi connectivity index (χ1) is 6.04. The second-order valence-corrected chi connectivity index (χ2v) is 6.13. The Morgan fingerprint density at radius 2 is 1.85 bits per heavy atom. The van der Waals surface area contributed by atoms with Crippen LogP contribution in [0.15, 0.2) is 0 Å². The summed E-state index contributed by atoms with van der Waals surface area (Å²) in [6.45, 7) is -0.0102. The Morgan fingerprint density at radius 1 is 1.31 bits per heavy atom. The molecule has 0 spiro atoms. The number of alkyl halides is 1.